The van der Waals surface area contributed by atoms with Crippen LogP contribution in [0.15, 0.2) is 24.0 Å². The zero-order chi connectivity index (χ0) is 8.06. The normalized spacial score (nSPS) is 47.0. The van der Waals surface area contributed by atoms with E-state index >= 15 is 0 Å². The smallest absolute Gasteiger partial charge is 0.00800 e. The van der Waals surface area contributed by atoms with Crippen molar-refractivity contribution in [3.63, 3.8) is 0 Å². The Bertz CT molecular complexity index is 239. The summed E-state index contributed by atoms with van der Waals surface area (Å²) in [6, 6.07) is 0. The van der Waals surface area contributed by atoms with Gasteiger partial charge < -0.3 is 5.32 Å². The van der Waals surface area contributed by atoms with Crippen molar-refractivity contribution >= 4 is 0 Å². The lowest BCUT2D eigenvalue weighted by Gasteiger charge is -2.04. The molecule has 0 aromatic heterocycles. The number of allylic oxidation sites excluding steroid dienone is 3. The summed E-state index contributed by atoms with van der Waals surface area (Å²) in [6.07, 6.45) is 6.73. The molecule has 0 amide bonds. The summed E-state index contributed by atoms with van der Waals surface area (Å²) in [6.45, 7) is 6.79. The summed E-state index contributed by atoms with van der Waals surface area (Å²) in [5.74, 6) is 1.60. The molecule has 1 aliphatic carbocycles. The molecule has 1 nitrogen and oxygen atoms in total. The highest BCUT2D eigenvalue weighted by molar-refractivity contribution is 5.28. The number of nitrogens with one attached hydrogen (secondary N) is 1. The van der Waals surface area contributed by atoms with Gasteiger partial charge >= 0.3 is 0 Å². The molecule has 0 aromatic carbocycles. The molecule has 3 atom stereocenters. The molecule has 1 fully saturated rings. The van der Waals surface area contributed by atoms with Crippen molar-refractivity contribution in [2.45, 2.75) is 20.8 Å². The van der Waals surface area contributed by atoms with Gasteiger partial charge in [0.2, 0.25) is 0 Å². The highest BCUT2D eigenvalue weighted by Crippen LogP contribution is 2.60. The molecule has 0 bridgehead atoms. The van der Waals surface area contributed by atoms with Gasteiger partial charge in [0.1, 0.15) is 0 Å². The molecular formula is C10H15N. The van der Waals surface area contributed by atoms with Gasteiger partial charge in [-0.1, -0.05) is 26.0 Å². The van der Waals surface area contributed by atoms with Crippen molar-refractivity contribution < 1.29 is 0 Å². The van der Waals surface area contributed by atoms with Crippen molar-refractivity contribution in [1.82, 2.24) is 5.32 Å². The maximum absolute atomic E-state index is 3.23. The van der Waals surface area contributed by atoms with Crippen LogP contribution in [0.5, 0.6) is 0 Å². The van der Waals surface area contributed by atoms with Crippen LogP contribution in [0.1, 0.15) is 20.8 Å². The van der Waals surface area contributed by atoms with Crippen molar-refractivity contribution in [2.75, 3.05) is 0 Å². The van der Waals surface area contributed by atoms with E-state index < -0.39 is 0 Å². The maximum Gasteiger partial charge on any atom is 0.00800 e. The average Bonchev–Trinajstić information content (AvgIpc) is 2.46. The van der Waals surface area contributed by atoms with Crippen LogP contribution in [0.2, 0.25) is 0 Å². The minimum Gasteiger partial charge on any atom is -0.366 e. The number of hydrogen-bond donors (Lipinski definition) is 1. The predicted octanol–water partition coefficient (Wildman–Crippen LogP) is 2.28. The molecule has 0 spiro atoms. The third-order valence-electron chi connectivity index (χ3n) is 3.27. The van der Waals surface area contributed by atoms with Crippen LogP contribution < -0.4 is 5.32 Å². The molecule has 1 aliphatic heterocycles. The monoisotopic (exact) mass is 149 g/mol. The van der Waals surface area contributed by atoms with Crippen LogP contribution >= 0.6 is 0 Å². The van der Waals surface area contributed by atoms with E-state index in [1.54, 1.807) is 0 Å². The van der Waals surface area contributed by atoms with E-state index in [-0.39, 0.29) is 0 Å². The maximum atomic E-state index is 3.23. The lowest BCUT2D eigenvalue weighted by molar-refractivity contribution is 0.645. The van der Waals surface area contributed by atoms with Crippen LogP contribution in [0.3, 0.4) is 0 Å². The first-order valence-corrected chi connectivity index (χ1v) is 4.27. The van der Waals surface area contributed by atoms with Crippen LogP contribution in [-0.2, 0) is 0 Å². The lowest BCUT2D eigenvalue weighted by Crippen LogP contribution is -2.02. The molecule has 0 aromatic rings. The highest BCUT2D eigenvalue weighted by atomic mass is 14.9. The zero-order valence-electron chi connectivity index (χ0n) is 7.39. The Kier molecular flexibility index (Phi) is 1.20. The van der Waals surface area contributed by atoms with Crippen LogP contribution in [0, 0.1) is 17.3 Å². The van der Waals surface area contributed by atoms with Gasteiger partial charge in [-0.2, -0.15) is 0 Å². The molecular weight excluding hydrogens is 134 g/mol. The van der Waals surface area contributed by atoms with Gasteiger partial charge in [-0.15, -0.1) is 0 Å². The molecule has 0 saturated heterocycles. The third kappa shape index (κ3) is 0.834. The second-order valence-electron chi connectivity index (χ2n) is 4.01. The zero-order valence-corrected chi connectivity index (χ0v) is 7.39. The van der Waals surface area contributed by atoms with Crippen molar-refractivity contribution in [3.8, 4) is 0 Å². The summed E-state index contributed by atoms with van der Waals surface area (Å²) in [4.78, 5) is 0. The largest absolute Gasteiger partial charge is 0.366 e. The SMILES string of the molecule is CC1=CC2(C)C(C)C2C=CN1. The van der Waals surface area contributed by atoms with Gasteiger partial charge in [-0.25, -0.2) is 0 Å². The minimum atomic E-state index is 0.448. The minimum absolute atomic E-state index is 0.448. The van der Waals surface area contributed by atoms with Gasteiger partial charge in [0.15, 0.2) is 0 Å². The summed E-state index contributed by atoms with van der Waals surface area (Å²) in [5.41, 5.74) is 1.74. The second-order valence-corrected chi connectivity index (χ2v) is 4.01. The van der Waals surface area contributed by atoms with E-state index in [9.17, 15) is 0 Å². The lowest BCUT2D eigenvalue weighted by atomic mass is 10.0. The second kappa shape index (κ2) is 1.90. The van der Waals surface area contributed by atoms with Crippen LogP contribution in [0.4, 0.5) is 0 Å². The van der Waals surface area contributed by atoms with Gasteiger partial charge in [0.25, 0.3) is 0 Å². The Balaban J connectivity index is 2.32. The van der Waals surface area contributed by atoms with Gasteiger partial charge in [0, 0.05) is 5.70 Å². The third-order valence-corrected chi connectivity index (χ3v) is 3.27. The number of rotatable bonds is 0. The fraction of sp³-hybridized carbons (Fsp3) is 0.600. The highest BCUT2D eigenvalue weighted by Gasteiger charge is 2.55. The van der Waals surface area contributed by atoms with Crippen LogP contribution in [-0.4, -0.2) is 0 Å². The van der Waals surface area contributed by atoms with E-state index in [1.165, 1.54) is 5.70 Å². The van der Waals surface area contributed by atoms with Crippen LogP contribution in [0.25, 0.3) is 0 Å². The predicted molar refractivity (Wildman–Crippen MR) is 46.8 cm³/mol. The molecule has 60 valence electrons. The molecule has 11 heavy (non-hydrogen) atoms. The molecule has 2 rings (SSSR count). The molecule has 1 heteroatoms. The Labute approximate surface area is 68.2 Å². The molecule has 3 unspecified atom stereocenters. The number of fused-ring (bicyclic) bond motifs is 1. The fourth-order valence-electron chi connectivity index (χ4n) is 2.19. The Morgan fingerprint density at radius 3 is 3.00 bits per heavy atom. The molecule has 1 saturated carbocycles. The van der Waals surface area contributed by atoms with E-state index in [0.717, 1.165) is 11.8 Å². The molecule has 0 radical (unpaired) electrons. The average molecular weight is 149 g/mol. The van der Waals surface area contributed by atoms with Crippen molar-refractivity contribution in [3.05, 3.63) is 24.0 Å². The first-order valence-electron chi connectivity index (χ1n) is 4.27. The topological polar surface area (TPSA) is 12.0 Å². The summed E-state index contributed by atoms with van der Waals surface area (Å²) in [5, 5.41) is 3.23. The van der Waals surface area contributed by atoms with Gasteiger partial charge in [-0.3, -0.25) is 0 Å². The van der Waals surface area contributed by atoms with Crippen molar-refractivity contribution in [1.29, 1.82) is 0 Å². The van der Waals surface area contributed by atoms with Gasteiger partial charge in [-0.05, 0) is 30.4 Å². The van der Waals surface area contributed by atoms with E-state index in [4.69, 9.17) is 0 Å². The number of hydrogen-bond acceptors (Lipinski definition) is 1. The first kappa shape index (κ1) is 6.96. The molecule has 1 N–H and O–H groups in total. The van der Waals surface area contributed by atoms with E-state index in [1.807, 2.05) is 0 Å². The van der Waals surface area contributed by atoms with Crippen molar-refractivity contribution in [2.24, 2.45) is 17.3 Å². The summed E-state index contributed by atoms with van der Waals surface area (Å²) < 4.78 is 0. The standard InChI is InChI=1S/C10H15N/c1-7-6-10(3)8(2)9(10)4-5-11-7/h4-6,8-9,11H,1-3H3. The van der Waals surface area contributed by atoms with E-state index in [0.29, 0.717) is 5.41 Å². The summed E-state index contributed by atoms with van der Waals surface area (Å²) in [7, 11) is 0. The Morgan fingerprint density at radius 1 is 1.55 bits per heavy atom. The Morgan fingerprint density at radius 2 is 2.27 bits per heavy atom. The Hall–Kier alpha value is -0.720. The van der Waals surface area contributed by atoms with Gasteiger partial charge in [0.05, 0.1) is 0 Å². The fourth-order valence-corrected chi connectivity index (χ4v) is 2.19. The molecule has 1 heterocycles. The summed E-state index contributed by atoms with van der Waals surface area (Å²) >= 11 is 0. The van der Waals surface area contributed by atoms with E-state index in [2.05, 4.69) is 44.4 Å². The molecule has 2 aliphatic rings. The quantitative estimate of drug-likeness (QED) is 0.557. The first-order chi connectivity index (χ1) is 5.14.